The number of thiazole rings is 1. The van der Waals surface area contributed by atoms with Crippen LogP contribution in [0.4, 0.5) is 20.5 Å². The molecule has 0 spiro atoms. The molecule has 190 valence electrons. The van der Waals surface area contributed by atoms with Gasteiger partial charge in [0.1, 0.15) is 16.3 Å². The van der Waals surface area contributed by atoms with E-state index in [0.29, 0.717) is 24.9 Å². The average molecular weight is 505 g/mol. The smallest absolute Gasteiger partial charge is 0.248 e. The van der Waals surface area contributed by atoms with Gasteiger partial charge in [-0.15, -0.1) is 11.3 Å². The standard InChI is InChI=1S/C25H34F2N6OS/c1-6-17(24(4,5)34)7-9-29-21-19(22-32-20-15(3)28-10-8-18(20)35-22)14(2)31-23(33-21)30-13-16-11-25(26,27)12-16/h8,10,16-17,34H,6-7,9,11-13H2,1-5H3,(H2,29,30,31,33). The van der Waals surface area contributed by atoms with Gasteiger partial charge in [0, 0.05) is 32.1 Å². The van der Waals surface area contributed by atoms with Gasteiger partial charge in [-0.05, 0) is 52.0 Å². The fourth-order valence-electron chi connectivity index (χ4n) is 4.71. The Labute approximate surface area is 208 Å². The summed E-state index contributed by atoms with van der Waals surface area (Å²) >= 11 is 1.56. The topological polar surface area (TPSA) is 95.9 Å². The van der Waals surface area contributed by atoms with Crippen LogP contribution in [0.3, 0.4) is 0 Å². The molecular weight excluding hydrogens is 470 g/mol. The van der Waals surface area contributed by atoms with Gasteiger partial charge in [-0.25, -0.2) is 18.7 Å². The van der Waals surface area contributed by atoms with Crippen LogP contribution in [0.2, 0.25) is 0 Å². The minimum Gasteiger partial charge on any atom is -0.390 e. The number of pyridine rings is 1. The molecule has 1 saturated carbocycles. The number of rotatable bonds is 10. The highest BCUT2D eigenvalue weighted by atomic mass is 32.1. The summed E-state index contributed by atoms with van der Waals surface area (Å²) < 4.78 is 27.5. The molecule has 4 rings (SSSR count). The number of hydrogen-bond acceptors (Lipinski definition) is 8. The van der Waals surface area contributed by atoms with E-state index in [1.54, 1.807) is 17.5 Å². The molecule has 0 saturated heterocycles. The highest BCUT2D eigenvalue weighted by Gasteiger charge is 2.44. The molecule has 0 aliphatic heterocycles. The largest absolute Gasteiger partial charge is 0.390 e. The van der Waals surface area contributed by atoms with Crippen LogP contribution < -0.4 is 10.6 Å². The van der Waals surface area contributed by atoms with Crippen LogP contribution in [0.25, 0.3) is 20.8 Å². The summed E-state index contributed by atoms with van der Waals surface area (Å²) in [5.41, 5.74) is 2.53. The van der Waals surface area contributed by atoms with Gasteiger partial charge in [0.15, 0.2) is 0 Å². The van der Waals surface area contributed by atoms with Crippen molar-refractivity contribution in [3.63, 3.8) is 0 Å². The lowest BCUT2D eigenvalue weighted by Gasteiger charge is -2.34. The molecule has 1 unspecified atom stereocenters. The van der Waals surface area contributed by atoms with Crippen molar-refractivity contribution in [3.8, 4) is 10.6 Å². The molecule has 0 bridgehead atoms. The molecule has 35 heavy (non-hydrogen) atoms. The molecule has 0 amide bonds. The third kappa shape index (κ3) is 5.86. The van der Waals surface area contributed by atoms with E-state index in [4.69, 9.17) is 9.97 Å². The summed E-state index contributed by atoms with van der Waals surface area (Å²) in [6.45, 7) is 10.6. The number of aryl methyl sites for hydroxylation is 2. The zero-order chi connectivity index (χ0) is 25.4. The highest BCUT2D eigenvalue weighted by Crippen LogP contribution is 2.42. The maximum absolute atomic E-state index is 13.2. The molecule has 1 aliphatic carbocycles. The third-order valence-corrected chi connectivity index (χ3v) is 7.83. The number of anilines is 2. The molecule has 3 aromatic rings. The Morgan fingerprint density at radius 2 is 1.91 bits per heavy atom. The van der Waals surface area contributed by atoms with Gasteiger partial charge in [0.25, 0.3) is 0 Å². The molecule has 0 radical (unpaired) electrons. The van der Waals surface area contributed by atoms with E-state index in [1.165, 1.54) is 0 Å². The van der Waals surface area contributed by atoms with Gasteiger partial charge in [0.2, 0.25) is 11.9 Å². The first kappa shape index (κ1) is 25.6. The lowest BCUT2D eigenvalue weighted by Crippen LogP contribution is -2.39. The molecule has 10 heteroatoms. The number of hydrogen-bond donors (Lipinski definition) is 3. The van der Waals surface area contributed by atoms with Crippen molar-refractivity contribution >= 4 is 33.3 Å². The summed E-state index contributed by atoms with van der Waals surface area (Å²) in [5, 5.41) is 17.9. The molecule has 7 nitrogen and oxygen atoms in total. The molecule has 1 atom stereocenters. The second kappa shape index (κ2) is 9.89. The van der Waals surface area contributed by atoms with Crippen LogP contribution in [0.15, 0.2) is 12.3 Å². The Balaban J connectivity index is 1.61. The van der Waals surface area contributed by atoms with E-state index in [9.17, 15) is 13.9 Å². The fourth-order valence-corrected chi connectivity index (χ4v) is 5.82. The number of nitrogens with zero attached hydrogens (tertiary/aromatic N) is 4. The van der Waals surface area contributed by atoms with Gasteiger partial charge < -0.3 is 15.7 Å². The number of halogens is 2. The van der Waals surface area contributed by atoms with E-state index in [1.807, 2.05) is 33.8 Å². The van der Waals surface area contributed by atoms with Crippen molar-refractivity contribution in [2.75, 3.05) is 23.7 Å². The maximum Gasteiger partial charge on any atom is 0.248 e. The van der Waals surface area contributed by atoms with E-state index < -0.39 is 11.5 Å². The predicted molar refractivity (Wildman–Crippen MR) is 137 cm³/mol. The molecular formula is C25H34F2N6OS. The molecule has 1 fully saturated rings. The van der Waals surface area contributed by atoms with Gasteiger partial charge >= 0.3 is 0 Å². The van der Waals surface area contributed by atoms with Crippen LogP contribution in [-0.4, -0.2) is 49.7 Å². The Morgan fingerprint density at radius 1 is 1.17 bits per heavy atom. The maximum atomic E-state index is 13.2. The monoisotopic (exact) mass is 504 g/mol. The lowest BCUT2D eigenvalue weighted by molar-refractivity contribution is -0.106. The average Bonchev–Trinajstić information content (AvgIpc) is 3.17. The van der Waals surface area contributed by atoms with Gasteiger partial charge in [-0.2, -0.15) is 4.98 Å². The first-order valence-electron chi connectivity index (χ1n) is 12.2. The summed E-state index contributed by atoms with van der Waals surface area (Å²) in [7, 11) is 0. The van der Waals surface area contributed by atoms with Gasteiger partial charge in [-0.3, -0.25) is 4.98 Å². The van der Waals surface area contributed by atoms with Gasteiger partial charge in [-0.1, -0.05) is 13.3 Å². The van der Waals surface area contributed by atoms with E-state index in [2.05, 4.69) is 27.5 Å². The number of alkyl halides is 2. The van der Waals surface area contributed by atoms with Crippen molar-refractivity contribution in [2.24, 2.45) is 11.8 Å². The zero-order valence-electron chi connectivity index (χ0n) is 21.0. The van der Waals surface area contributed by atoms with Crippen molar-refractivity contribution < 1.29 is 13.9 Å². The summed E-state index contributed by atoms with van der Waals surface area (Å²) in [4.78, 5) is 18.5. The first-order valence-corrected chi connectivity index (χ1v) is 13.0. The minimum absolute atomic E-state index is 0.0816. The van der Waals surface area contributed by atoms with Crippen LogP contribution in [-0.2, 0) is 0 Å². The van der Waals surface area contributed by atoms with E-state index in [0.717, 1.165) is 45.0 Å². The molecule has 3 heterocycles. The third-order valence-electron chi connectivity index (χ3n) is 6.79. The Morgan fingerprint density at radius 3 is 2.54 bits per heavy atom. The first-order chi connectivity index (χ1) is 16.5. The Hall–Kier alpha value is -2.46. The highest BCUT2D eigenvalue weighted by molar-refractivity contribution is 7.21. The SMILES string of the molecule is CCC(CCNc1nc(NCC2CC(F)(F)C2)nc(C)c1-c1nc2c(C)nccc2s1)C(C)(C)O. The van der Waals surface area contributed by atoms with Crippen molar-refractivity contribution in [1.29, 1.82) is 0 Å². The van der Waals surface area contributed by atoms with Crippen molar-refractivity contribution in [1.82, 2.24) is 19.9 Å². The summed E-state index contributed by atoms with van der Waals surface area (Å²) in [6, 6.07) is 1.95. The van der Waals surface area contributed by atoms with Crippen LogP contribution in [0.5, 0.6) is 0 Å². The molecule has 3 N–H and O–H groups in total. The fraction of sp³-hybridized carbons (Fsp3) is 0.600. The Kier molecular flexibility index (Phi) is 7.24. The van der Waals surface area contributed by atoms with Crippen LogP contribution in [0, 0.1) is 25.7 Å². The van der Waals surface area contributed by atoms with Crippen LogP contribution >= 0.6 is 11.3 Å². The predicted octanol–water partition coefficient (Wildman–Crippen LogP) is 5.82. The van der Waals surface area contributed by atoms with Crippen molar-refractivity contribution in [2.45, 2.75) is 71.8 Å². The number of aromatic nitrogens is 4. The van der Waals surface area contributed by atoms with E-state index in [-0.39, 0.29) is 24.7 Å². The number of fused-ring (bicyclic) bond motifs is 1. The normalized spacial score (nSPS) is 16.8. The molecule has 3 aromatic heterocycles. The van der Waals surface area contributed by atoms with Crippen LogP contribution in [0.1, 0.15) is 57.8 Å². The molecule has 1 aliphatic rings. The minimum atomic E-state index is -2.55. The summed E-state index contributed by atoms with van der Waals surface area (Å²) in [6.07, 6.45) is 3.21. The summed E-state index contributed by atoms with van der Waals surface area (Å²) in [5.74, 6) is -1.43. The second-order valence-electron chi connectivity index (χ2n) is 10.1. The zero-order valence-corrected chi connectivity index (χ0v) is 21.8. The number of nitrogens with one attached hydrogen (secondary N) is 2. The van der Waals surface area contributed by atoms with Crippen molar-refractivity contribution in [3.05, 3.63) is 23.7 Å². The Bertz CT molecular complexity index is 1180. The lowest BCUT2D eigenvalue weighted by atomic mass is 9.81. The molecule has 0 aromatic carbocycles. The second-order valence-corrected chi connectivity index (χ2v) is 11.1. The van der Waals surface area contributed by atoms with E-state index >= 15 is 0 Å². The number of aliphatic hydroxyl groups is 1. The quantitative estimate of drug-likeness (QED) is 0.320. The van der Waals surface area contributed by atoms with Gasteiger partial charge in [0.05, 0.1) is 27.3 Å².